The number of benzene rings is 3. The Morgan fingerprint density at radius 1 is 0.727 bits per heavy atom. The first-order chi connectivity index (χ1) is 10.9. The van der Waals surface area contributed by atoms with Crippen LogP contribution in [0.1, 0.15) is 17.3 Å². The number of nitrogens with one attached hydrogen (secondary N) is 1. The predicted molar refractivity (Wildman–Crippen MR) is 91.9 cm³/mol. The molecule has 3 aromatic rings. The van der Waals surface area contributed by atoms with E-state index >= 15 is 0 Å². The Morgan fingerprint density at radius 3 is 2.14 bits per heavy atom. The van der Waals surface area contributed by atoms with Gasteiger partial charge in [0.1, 0.15) is 6.17 Å². The monoisotopic (exact) mass is 286 g/mol. The molecule has 0 saturated heterocycles. The van der Waals surface area contributed by atoms with Crippen molar-refractivity contribution in [2.45, 2.75) is 12.7 Å². The molecule has 2 nitrogen and oxygen atoms in total. The van der Waals surface area contributed by atoms with Crippen LogP contribution >= 0.6 is 0 Å². The van der Waals surface area contributed by atoms with E-state index in [-0.39, 0.29) is 6.17 Å². The third kappa shape index (κ3) is 2.33. The van der Waals surface area contributed by atoms with Gasteiger partial charge in [0.05, 0.1) is 0 Å². The molecular weight excluding hydrogens is 268 g/mol. The van der Waals surface area contributed by atoms with Crippen molar-refractivity contribution in [1.82, 2.24) is 0 Å². The summed E-state index contributed by atoms with van der Waals surface area (Å²) in [6, 6.07) is 29.8. The van der Waals surface area contributed by atoms with Crippen molar-refractivity contribution < 1.29 is 0 Å². The maximum atomic E-state index is 3.69. The fraction of sp³-hybridized carbons (Fsp3) is 0.100. The van der Waals surface area contributed by atoms with Crippen LogP contribution < -0.4 is 10.2 Å². The zero-order valence-electron chi connectivity index (χ0n) is 12.3. The normalized spacial score (nSPS) is 16.7. The summed E-state index contributed by atoms with van der Waals surface area (Å²) in [5, 5.41) is 3.69. The highest BCUT2D eigenvalue weighted by Gasteiger charge is 2.26. The minimum absolute atomic E-state index is 0.151. The lowest BCUT2D eigenvalue weighted by Gasteiger charge is -2.40. The lowest BCUT2D eigenvalue weighted by atomic mass is 10.0. The van der Waals surface area contributed by atoms with Crippen molar-refractivity contribution in [3.05, 3.63) is 96.1 Å². The second-order valence-corrected chi connectivity index (χ2v) is 5.58. The molecule has 108 valence electrons. The van der Waals surface area contributed by atoms with Gasteiger partial charge in [0, 0.05) is 17.9 Å². The number of hydrogen-bond donors (Lipinski definition) is 1. The summed E-state index contributed by atoms with van der Waals surface area (Å²) in [6.45, 7) is 0.909. The van der Waals surface area contributed by atoms with Gasteiger partial charge in [-0.25, -0.2) is 0 Å². The smallest absolute Gasteiger partial charge is 0.126 e. The van der Waals surface area contributed by atoms with Crippen LogP contribution in [-0.4, -0.2) is 0 Å². The standard InChI is InChI=1S/C20H18N2/c1-3-9-16(10-4-1)20-21-19-14-8-7-11-17(19)15-22(20)18-12-5-2-6-13-18/h1-14,20-21H,15H2. The van der Waals surface area contributed by atoms with Gasteiger partial charge in [0.2, 0.25) is 0 Å². The Balaban J connectivity index is 1.79. The first-order valence-electron chi connectivity index (χ1n) is 7.63. The third-order valence-electron chi connectivity index (χ3n) is 4.17. The van der Waals surface area contributed by atoms with E-state index in [0.29, 0.717) is 0 Å². The molecule has 1 atom stereocenters. The van der Waals surface area contributed by atoms with Crippen LogP contribution in [0.4, 0.5) is 11.4 Å². The van der Waals surface area contributed by atoms with E-state index in [1.165, 1.54) is 22.5 Å². The minimum atomic E-state index is 0.151. The molecule has 2 heteroatoms. The van der Waals surface area contributed by atoms with Gasteiger partial charge in [-0.1, -0.05) is 66.7 Å². The van der Waals surface area contributed by atoms with Crippen LogP contribution in [0.25, 0.3) is 0 Å². The number of hydrogen-bond acceptors (Lipinski definition) is 2. The topological polar surface area (TPSA) is 15.3 Å². The second kappa shape index (κ2) is 5.57. The summed E-state index contributed by atoms with van der Waals surface area (Å²) in [5.41, 5.74) is 5.07. The van der Waals surface area contributed by atoms with Crippen molar-refractivity contribution in [2.24, 2.45) is 0 Å². The molecule has 1 aliphatic heterocycles. The van der Waals surface area contributed by atoms with Gasteiger partial charge in [-0.15, -0.1) is 0 Å². The van der Waals surface area contributed by atoms with E-state index < -0.39 is 0 Å². The second-order valence-electron chi connectivity index (χ2n) is 5.58. The van der Waals surface area contributed by atoms with Crippen molar-refractivity contribution in [2.75, 3.05) is 10.2 Å². The molecule has 0 fully saturated rings. The highest BCUT2D eigenvalue weighted by Crippen LogP contribution is 2.36. The molecule has 0 spiro atoms. The molecule has 1 heterocycles. The highest BCUT2D eigenvalue weighted by atomic mass is 15.3. The Bertz CT molecular complexity index is 686. The molecule has 0 bridgehead atoms. The molecule has 3 aromatic carbocycles. The summed E-state index contributed by atoms with van der Waals surface area (Å²) in [6.07, 6.45) is 0.151. The van der Waals surface area contributed by atoms with E-state index in [2.05, 4.69) is 95.1 Å². The van der Waals surface area contributed by atoms with Crippen molar-refractivity contribution >= 4 is 11.4 Å². The zero-order valence-corrected chi connectivity index (χ0v) is 12.3. The number of rotatable bonds is 2. The average Bonchev–Trinajstić information content (AvgIpc) is 2.62. The van der Waals surface area contributed by atoms with E-state index in [0.717, 1.165) is 6.54 Å². The van der Waals surface area contributed by atoms with Crippen molar-refractivity contribution in [3.63, 3.8) is 0 Å². The summed E-state index contributed by atoms with van der Waals surface area (Å²) in [7, 11) is 0. The number of para-hydroxylation sites is 2. The SMILES string of the molecule is c1ccc(C2Nc3ccccc3CN2c2ccccc2)cc1. The molecule has 0 aromatic heterocycles. The molecule has 0 saturated carbocycles. The molecule has 4 rings (SSSR count). The summed E-state index contributed by atoms with van der Waals surface area (Å²) >= 11 is 0. The molecular formula is C20H18N2. The first kappa shape index (κ1) is 13.0. The number of nitrogens with zero attached hydrogens (tertiary/aromatic N) is 1. The molecule has 22 heavy (non-hydrogen) atoms. The quantitative estimate of drug-likeness (QED) is 0.726. The zero-order chi connectivity index (χ0) is 14.8. The summed E-state index contributed by atoms with van der Waals surface area (Å²) < 4.78 is 0. The predicted octanol–water partition coefficient (Wildman–Crippen LogP) is 4.82. The maximum absolute atomic E-state index is 3.69. The molecule has 0 aliphatic carbocycles. The Kier molecular flexibility index (Phi) is 3.28. The largest absolute Gasteiger partial charge is 0.361 e. The molecule has 1 aliphatic rings. The lowest BCUT2D eigenvalue weighted by molar-refractivity contribution is 0.658. The van der Waals surface area contributed by atoms with Crippen LogP contribution in [0.3, 0.4) is 0 Å². The maximum Gasteiger partial charge on any atom is 0.126 e. The molecule has 1 N–H and O–H groups in total. The van der Waals surface area contributed by atoms with Gasteiger partial charge in [-0.05, 0) is 29.3 Å². The van der Waals surface area contributed by atoms with Gasteiger partial charge in [0.25, 0.3) is 0 Å². The van der Waals surface area contributed by atoms with Gasteiger partial charge in [-0.3, -0.25) is 0 Å². The van der Waals surface area contributed by atoms with Crippen LogP contribution in [0.5, 0.6) is 0 Å². The third-order valence-corrected chi connectivity index (χ3v) is 4.17. The van der Waals surface area contributed by atoms with E-state index in [9.17, 15) is 0 Å². The van der Waals surface area contributed by atoms with Crippen LogP contribution in [-0.2, 0) is 6.54 Å². The molecule has 0 radical (unpaired) electrons. The first-order valence-corrected chi connectivity index (χ1v) is 7.63. The van der Waals surface area contributed by atoms with Gasteiger partial charge >= 0.3 is 0 Å². The van der Waals surface area contributed by atoms with Gasteiger partial charge < -0.3 is 10.2 Å². The molecule has 0 amide bonds. The van der Waals surface area contributed by atoms with E-state index in [1.54, 1.807) is 0 Å². The Labute approximate surface area is 131 Å². The average molecular weight is 286 g/mol. The number of anilines is 2. The van der Waals surface area contributed by atoms with E-state index in [4.69, 9.17) is 0 Å². The van der Waals surface area contributed by atoms with Gasteiger partial charge in [0.15, 0.2) is 0 Å². The summed E-state index contributed by atoms with van der Waals surface area (Å²) in [4.78, 5) is 2.41. The van der Waals surface area contributed by atoms with Crippen molar-refractivity contribution in [3.8, 4) is 0 Å². The van der Waals surface area contributed by atoms with Crippen molar-refractivity contribution in [1.29, 1.82) is 0 Å². The van der Waals surface area contributed by atoms with Crippen LogP contribution in [0.2, 0.25) is 0 Å². The fourth-order valence-corrected chi connectivity index (χ4v) is 3.06. The van der Waals surface area contributed by atoms with E-state index in [1.807, 2.05) is 0 Å². The van der Waals surface area contributed by atoms with Crippen LogP contribution in [0.15, 0.2) is 84.9 Å². The Morgan fingerprint density at radius 2 is 1.36 bits per heavy atom. The molecule has 1 unspecified atom stereocenters. The highest BCUT2D eigenvalue weighted by molar-refractivity contribution is 5.62. The van der Waals surface area contributed by atoms with Gasteiger partial charge in [-0.2, -0.15) is 0 Å². The minimum Gasteiger partial charge on any atom is -0.361 e. The Hall–Kier alpha value is -2.74. The fourth-order valence-electron chi connectivity index (χ4n) is 3.06. The number of fused-ring (bicyclic) bond motifs is 1. The summed E-state index contributed by atoms with van der Waals surface area (Å²) in [5.74, 6) is 0. The lowest BCUT2D eigenvalue weighted by Crippen LogP contribution is -2.37. The van der Waals surface area contributed by atoms with Crippen LogP contribution in [0, 0.1) is 0 Å².